The van der Waals surface area contributed by atoms with Crippen LogP contribution in [0.25, 0.3) is 10.2 Å². The molecule has 0 aliphatic heterocycles. The number of thiophene rings is 1. The molecule has 0 radical (unpaired) electrons. The van der Waals surface area contributed by atoms with Crippen molar-refractivity contribution in [3.05, 3.63) is 29.3 Å². The van der Waals surface area contributed by atoms with E-state index in [0.717, 1.165) is 10.2 Å². The van der Waals surface area contributed by atoms with Gasteiger partial charge in [-0.2, -0.15) is 0 Å². The number of hydrogen-bond acceptors (Lipinski definition) is 6. The second-order valence-electron chi connectivity index (χ2n) is 7.26. The minimum Gasteiger partial charge on any atom is -0.361 e. The third-order valence-corrected chi connectivity index (χ3v) is 6.10. The molecule has 2 aromatic rings. The number of primary amides is 1. The fourth-order valence-electron chi connectivity index (χ4n) is 3.55. The molecular formula is C19H23N5O4S. The lowest BCUT2D eigenvalue weighted by atomic mass is 9.81. The summed E-state index contributed by atoms with van der Waals surface area (Å²) in [5.74, 6) is -2.61. The van der Waals surface area contributed by atoms with Crippen molar-refractivity contribution in [2.75, 3.05) is 14.1 Å². The number of fused-ring (bicyclic) bond motifs is 1. The van der Waals surface area contributed by atoms with Crippen LogP contribution in [0.4, 0.5) is 0 Å². The third-order valence-electron chi connectivity index (χ3n) is 5.01. The smallest absolute Gasteiger partial charge is 0.309 e. The van der Waals surface area contributed by atoms with E-state index in [4.69, 9.17) is 5.73 Å². The first-order valence-corrected chi connectivity index (χ1v) is 10.0. The molecule has 4 N–H and O–H groups in total. The van der Waals surface area contributed by atoms with Crippen molar-refractivity contribution in [2.45, 2.75) is 31.3 Å². The Hall–Kier alpha value is -3.01. The number of amides is 4. The number of nitrogens with one attached hydrogen (secondary N) is 2. The summed E-state index contributed by atoms with van der Waals surface area (Å²) in [5.41, 5.74) is 5.77. The Morgan fingerprint density at radius 3 is 2.59 bits per heavy atom. The number of carbonyl (C=O) groups excluding carboxylic acids is 4. The number of aromatic nitrogens is 1. The molecule has 1 aliphatic carbocycles. The van der Waals surface area contributed by atoms with Crippen LogP contribution in [0, 0.1) is 5.92 Å². The van der Waals surface area contributed by atoms with Crippen LogP contribution in [0.5, 0.6) is 0 Å². The minimum absolute atomic E-state index is 0.0324. The summed E-state index contributed by atoms with van der Waals surface area (Å²) in [4.78, 5) is 54.4. The lowest BCUT2D eigenvalue weighted by Gasteiger charge is -2.37. The standard InChI is InChI=1S/C19H23N5O4S/c1-24(2)19(28)10-5-6-11(22-18(27)16(20)25)12(8-10)23-17(26)15-9-13-14(29-15)4-3-7-21-13/h3-4,7,9-12H,5-6,8H2,1-2H3,(H2,20,25)(H,22,27)(H,23,26)/t10-,11-,12+/m0/s1. The molecule has 10 heteroatoms. The number of rotatable bonds is 4. The minimum atomic E-state index is -1.09. The van der Waals surface area contributed by atoms with E-state index in [1.165, 1.54) is 16.2 Å². The summed E-state index contributed by atoms with van der Waals surface area (Å²) < 4.78 is 0.889. The van der Waals surface area contributed by atoms with Crippen molar-refractivity contribution in [1.82, 2.24) is 20.5 Å². The molecule has 0 saturated heterocycles. The molecule has 1 saturated carbocycles. The van der Waals surface area contributed by atoms with Gasteiger partial charge < -0.3 is 21.3 Å². The Morgan fingerprint density at radius 2 is 1.93 bits per heavy atom. The molecule has 0 unspecified atom stereocenters. The maximum absolute atomic E-state index is 12.8. The second-order valence-corrected chi connectivity index (χ2v) is 8.35. The first-order chi connectivity index (χ1) is 13.8. The van der Waals surface area contributed by atoms with Crippen molar-refractivity contribution < 1.29 is 19.2 Å². The fourth-order valence-corrected chi connectivity index (χ4v) is 4.47. The molecule has 0 spiro atoms. The van der Waals surface area contributed by atoms with E-state index in [1.54, 1.807) is 32.4 Å². The van der Waals surface area contributed by atoms with Crippen LogP contribution in [0.1, 0.15) is 28.9 Å². The van der Waals surface area contributed by atoms with Crippen LogP contribution in [0.15, 0.2) is 24.4 Å². The van der Waals surface area contributed by atoms with E-state index in [0.29, 0.717) is 24.1 Å². The number of hydrogen-bond donors (Lipinski definition) is 3. The zero-order valence-corrected chi connectivity index (χ0v) is 17.0. The molecule has 3 atom stereocenters. The summed E-state index contributed by atoms with van der Waals surface area (Å²) >= 11 is 1.31. The second kappa shape index (κ2) is 8.56. The number of carbonyl (C=O) groups is 4. The van der Waals surface area contributed by atoms with Gasteiger partial charge in [-0.05, 0) is 37.5 Å². The van der Waals surface area contributed by atoms with Gasteiger partial charge in [-0.3, -0.25) is 24.2 Å². The Kier molecular flexibility index (Phi) is 6.12. The lowest BCUT2D eigenvalue weighted by molar-refractivity contribution is -0.138. The fraction of sp³-hybridized carbons (Fsp3) is 0.421. The van der Waals surface area contributed by atoms with Gasteiger partial charge in [0, 0.05) is 32.3 Å². The lowest BCUT2D eigenvalue weighted by Crippen LogP contribution is -2.57. The normalized spacial score (nSPS) is 21.4. The average Bonchev–Trinajstić information content (AvgIpc) is 3.12. The van der Waals surface area contributed by atoms with E-state index in [9.17, 15) is 19.2 Å². The van der Waals surface area contributed by atoms with Crippen molar-refractivity contribution in [2.24, 2.45) is 11.7 Å². The van der Waals surface area contributed by atoms with Gasteiger partial charge in [0.25, 0.3) is 5.91 Å². The van der Waals surface area contributed by atoms with Crippen LogP contribution in [0.3, 0.4) is 0 Å². The first kappa shape index (κ1) is 20.7. The highest BCUT2D eigenvalue weighted by atomic mass is 32.1. The van der Waals surface area contributed by atoms with E-state index >= 15 is 0 Å². The predicted octanol–water partition coefficient (Wildman–Crippen LogP) is 0.253. The SMILES string of the molecule is CN(C)C(=O)[C@H]1CC[C@H](NC(=O)C(N)=O)[C@H](NC(=O)c2cc3ncccc3s2)C1. The summed E-state index contributed by atoms with van der Waals surface area (Å²) in [6, 6.07) is 4.39. The molecule has 9 nitrogen and oxygen atoms in total. The van der Waals surface area contributed by atoms with Crippen LogP contribution < -0.4 is 16.4 Å². The third kappa shape index (κ3) is 4.70. The zero-order valence-electron chi connectivity index (χ0n) is 16.2. The topological polar surface area (TPSA) is 134 Å². The maximum Gasteiger partial charge on any atom is 0.309 e. The van der Waals surface area contributed by atoms with Gasteiger partial charge in [0.1, 0.15) is 0 Å². The van der Waals surface area contributed by atoms with Gasteiger partial charge in [-0.1, -0.05) is 0 Å². The van der Waals surface area contributed by atoms with Crippen LogP contribution in [-0.2, 0) is 14.4 Å². The molecule has 1 aliphatic rings. The average molecular weight is 417 g/mol. The van der Waals surface area contributed by atoms with E-state index < -0.39 is 23.9 Å². The van der Waals surface area contributed by atoms with Crippen LogP contribution in [-0.4, -0.2) is 59.7 Å². The van der Waals surface area contributed by atoms with E-state index in [2.05, 4.69) is 15.6 Å². The molecule has 0 bridgehead atoms. The number of nitrogens with zero attached hydrogens (tertiary/aromatic N) is 2. The molecular weight excluding hydrogens is 394 g/mol. The molecule has 4 amide bonds. The highest BCUT2D eigenvalue weighted by Crippen LogP contribution is 2.28. The molecule has 2 aromatic heterocycles. The van der Waals surface area contributed by atoms with Gasteiger partial charge in [0.05, 0.1) is 21.1 Å². The number of pyridine rings is 1. The first-order valence-electron chi connectivity index (χ1n) is 9.23. The highest BCUT2D eigenvalue weighted by molar-refractivity contribution is 7.20. The van der Waals surface area contributed by atoms with E-state index in [1.807, 2.05) is 6.07 Å². The van der Waals surface area contributed by atoms with Gasteiger partial charge in [-0.25, -0.2) is 0 Å². The Balaban J connectivity index is 1.78. The molecule has 1 fully saturated rings. The quantitative estimate of drug-likeness (QED) is 0.613. The monoisotopic (exact) mass is 417 g/mol. The molecule has 29 heavy (non-hydrogen) atoms. The molecule has 2 heterocycles. The van der Waals surface area contributed by atoms with Gasteiger partial charge >= 0.3 is 11.8 Å². The van der Waals surface area contributed by atoms with Gasteiger partial charge in [-0.15, -0.1) is 11.3 Å². The Morgan fingerprint density at radius 1 is 1.17 bits per heavy atom. The predicted molar refractivity (Wildman–Crippen MR) is 108 cm³/mol. The van der Waals surface area contributed by atoms with E-state index in [-0.39, 0.29) is 17.7 Å². The van der Waals surface area contributed by atoms with Gasteiger partial charge in [0.2, 0.25) is 5.91 Å². The van der Waals surface area contributed by atoms with Crippen molar-refractivity contribution in [3.63, 3.8) is 0 Å². The molecule has 154 valence electrons. The van der Waals surface area contributed by atoms with Crippen molar-refractivity contribution in [1.29, 1.82) is 0 Å². The zero-order chi connectivity index (χ0) is 21.1. The Labute approximate surface area is 171 Å². The number of nitrogens with two attached hydrogens (primary N) is 1. The highest BCUT2D eigenvalue weighted by Gasteiger charge is 2.37. The Bertz CT molecular complexity index is 924. The van der Waals surface area contributed by atoms with Crippen molar-refractivity contribution in [3.8, 4) is 0 Å². The van der Waals surface area contributed by atoms with Crippen molar-refractivity contribution >= 4 is 45.2 Å². The summed E-state index contributed by atoms with van der Waals surface area (Å²) in [6.45, 7) is 0. The molecule has 0 aromatic carbocycles. The summed E-state index contributed by atoms with van der Waals surface area (Å²) in [7, 11) is 3.36. The summed E-state index contributed by atoms with van der Waals surface area (Å²) in [6.07, 6.45) is 3.00. The van der Waals surface area contributed by atoms with Crippen LogP contribution in [0.2, 0.25) is 0 Å². The van der Waals surface area contributed by atoms with Crippen LogP contribution >= 0.6 is 11.3 Å². The van der Waals surface area contributed by atoms with Gasteiger partial charge in [0.15, 0.2) is 0 Å². The maximum atomic E-state index is 12.8. The molecule has 3 rings (SSSR count). The largest absolute Gasteiger partial charge is 0.361 e. The summed E-state index contributed by atoms with van der Waals surface area (Å²) in [5, 5.41) is 5.50.